The van der Waals surface area contributed by atoms with E-state index < -0.39 is 12.7 Å². The number of halogens is 3. The molecule has 1 N–H and O–H groups in total. The molecule has 0 atom stereocenters. The van der Waals surface area contributed by atoms with E-state index in [0.29, 0.717) is 43.0 Å². The lowest BCUT2D eigenvalue weighted by molar-refractivity contribution is -0.148. The number of hydrogen-bond acceptors (Lipinski definition) is 4. The van der Waals surface area contributed by atoms with Gasteiger partial charge in [-0.3, -0.25) is 9.69 Å². The normalized spacial score (nSPS) is 18.9. The molecule has 2 heterocycles. The first-order valence-electron chi connectivity index (χ1n) is 7.40. The predicted octanol–water partition coefficient (Wildman–Crippen LogP) is 2.17. The second kappa shape index (κ2) is 6.27. The summed E-state index contributed by atoms with van der Waals surface area (Å²) in [7, 11) is 0. The molecule has 0 saturated carbocycles. The molecule has 2 aliphatic rings. The Labute approximate surface area is 131 Å². The van der Waals surface area contributed by atoms with Crippen LogP contribution in [0.25, 0.3) is 0 Å². The van der Waals surface area contributed by atoms with Crippen LogP contribution < -0.4 is 14.8 Å². The van der Waals surface area contributed by atoms with E-state index in [1.165, 1.54) is 4.90 Å². The van der Waals surface area contributed by atoms with Gasteiger partial charge in [0.25, 0.3) is 5.91 Å². The first kappa shape index (κ1) is 15.9. The number of nitrogens with zero attached hydrogens (tertiary/aromatic N) is 1. The third kappa shape index (κ3) is 4.07. The largest absolute Gasteiger partial charge is 0.454 e. The van der Waals surface area contributed by atoms with Crippen LogP contribution in [0, 0.1) is 0 Å². The lowest BCUT2D eigenvalue weighted by atomic mass is 10.0. The molecule has 8 heteroatoms. The topological polar surface area (TPSA) is 50.8 Å². The summed E-state index contributed by atoms with van der Waals surface area (Å²) in [5.41, 5.74) is 0.451. The first-order chi connectivity index (χ1) is 10.9. The fraction of sp³-hybridized carbons (Fsp3) is 0.533. The van der Waals surface area contributed by atoms with Gasteiger partial charge >= 0.3 is 6.18 Å². The summed E-state index contributed by atoms with van der Waals surface area (Å²) >= 11 is 0. The fourth-order valence-electron chi connectivity index (χ4n) is 2.80. The van der Waals surface area contributed by atoms with Gasteiger partial charge in [0, 0.05) is 24.7 Å². The molecule has 5 nitrogen and oxygen atoms in total. The van der Waals surface area contributed by atoms with Crippen LogP contribution in [-0.4, -0.2) is 49.5 Å². The summed E-state index contributed by atoms with van der Waals surface area (Å²) in [5.74, 6) is 0.872. The van der Waals surface area contributed by atoms with Crippen molar-refractivity contribution in [1.29, 1.82) is 0 Å². The summed E-state index contributed by atoms with van der Waals surface area (Å²) in [6.07, 6.45) is -3.17. The summed E-state index contributed by atoms with van der Waals surface area (Å²) in [4.78, 5) is 13.6. The Bertz CT molecular complexity index is 584. The van der Waals surface area contributed by atoms with Gasteiger partial charge in [-0.1, -0.05) is 0 Å². The summed E-state index contributed by atoms with van der Waals surface area (Å²) in [6.45, 7) is -0.106. The summed E-state index contributed by atoms with van der Waals surface area (Å²) in [6, 6.07) is 4.80. The van der Waals surface area contributed by atoms with Crippen LogP contribution in [-0.2, 0) is 0 Å². The number of carbonyl (C=O) groups excluding carboxylic acids is 1. The summed E-state index contributed by atoms with van der Waals surface area (Å²) in [5, 5.41) is 2.87. The molecular formula is C15H17F3N2O3. The van der Waals surface area contributed by atoms with Gasteiger partial charge in [0.2, 0.25) is 6.79 Å². The van der Waals surface area contributed by atoms with E-state index in [4.69, 9.17) is 9.47 Å². The second-order valence-corrected chi connectivity index (χ2v) is 5.71. The van der Waals surface area contributed by atoms with Crippen LogP contribution >= 0.6 is 0 Å². The Hall–Kier alpha value is -1.96. The lowest BCUT2D eigenvalue weighted by Gasteiger charge is -2.32. The zero-order valence-electron chi connectivity index (χ0n) is 12.4. The molecule has 1 saturated heterocycles. The molecule has 0 bridgehead atoms. The van der Waals surface area contributed by atoms with Crippen LogP contribution in [0.3, 0.4) is 0 Å². The van der Waals surface area contributed by atoms with Crippen LogP contribution in [0.5, 0.6) is 11.5 Å². The maximum atomic E-state index is 12.3. The van der Waals surface area contributed by atoms with Crippen molar-refractivity contribution in [2.75, 3.05) is 26.4 Å². The molecule has 0 radical (unpaired) electrons. The first-order valence-corrected chi connectivity index (χ1v) is 7.40. The van der Waals surface area contributed by atoms with E-state index in [0.717, 1.165) is 0 Å². The third-order valence-electron chi connectivity index (χ3n) is 3.96. The van der Waals surface area contributed by atoms with Crippen molar-refractivity contribution in [3.8, 4) is 11.5 Å². The Morgan fingerprint density at radius 1 is 1.22 bits per heavy atom. The van der Waals surface area contributed by atoms with Crippen LogP contribution in [0.2, 0.25) is 0 Å². The van der Waals surface area contributed by atoms with E-state index in [1.807, 2.05) is 0 Å². The number of fused-ring (bicyclic) bond motifs is 1. The number of alkyl halides is 3. The monoisotopic (exact) mass is 330 g/mol. The number of hydrogen-bond donors (Lipinski definition) is 1. The number of piperidine rings is 1. The molecule has 1 amide bonds. The van der Waals surface area contributed by atoms with Crippen LogP contribution in [0.15, 0.2) is 18.2 Å². The van der Waals surface area contributed by atoms with E-state index in [2.05, 4.69) is 5.32 Å². The maximum Gasteiger partial charge on any atom is 0.401 e. The standard InChI is InChI=1S/C15H17F3N2O3/c16-15(17,18)8-20-5-3-11(4-6-20)19-14(21)10-1-2-12-13(7-10)23-9-22-12/h1-2,7,11H,3-6,8-9H2,(H,19,21). The molecule has 0 aromatic heterocycles. The molecule has 3 rings (SSSR count). The molecule has 0 unspecified atom stereocenters. The van der Waals surface area contributed by atoms with Gasteiger partial charge < -0.3 is 14.8 Å². The lowest BCUT2D eigenvalue weighted by Crippen LogP contribution is -2.47. The number of nitrogens with one attached hydrogen (secondary N) is 1. The van der Waals surface area contributed by atoms with Crippen molar-refractivity contribution in [3.63, 3.8) is 0 Å². The van der Waals surface area contributed by atoms with Crippen LogP contribution in [0.4, 0.5) is 13.2 Å². The van der Waals surface area contributed by atoms with Crippen molar-refractivity contribution in [3.05, 3.63) is 23.8 Å². The number of rotatable bonds is 3. The predicted molar refractivity (Wildman–Crippen MR) is 75.5 cm³/mol. The molecule has 0 aliphatic carbocycles. The van der Waals surface area contributed by atoms with E-state index >= 15 is 0 Å². The number of likely N-dealkylation sites (tertiary alicyclic amines) is 1. The van der Waals surface area contributed by atoms with Gasteiger partial charge in [0.15, 0.2) is 11.5 Å². The average Bonchev–Trinajstić information content (AvgIpc) is 2.95. The molecule has 1 aromatic carbocycles. The zero-order chi connectivity index (χ0) is 16.4. The Kier molecular flexibility index (Phi) is 4.34. The second-order valence-electron chi connectivity index (χ2n) is 5.71. The number of ether oxygens (including phenoxy) is 2. The highest BCUT2D eigenvalue weighted by molar-refractivity contribution is 5.95. The minimum atomic E-state index is -4.18. The smallest absolute Gasteiger partial charge is 0.401 e. The van der Waals surface area contributed by atoms with Gasteiger partial charge in [-0.25, -0.2) is 0 Å². The molecule has 1 aromatic rings. The van der Waals surface area contributed by atoms with Crippen molar-refractivity contribution in [2.24, 2.45) is 0 Å². The van der Waals surface area contributed by atoms with E-state index in [-0.39, 0.29) is 18.7 Å². The Morgan fingerprint density at radius 2 is 1.91 bits per heavy atom. The third-order valence-corrected chi connectivity index (χ3v) is 3.96. The van der Waals surface area contributed by atoms with Crippen molar-refractivity contribution in [1.82, 2.24) is 10.2 Å². The quantitative estimate of drug-likeness (QED) is 0.923. The van der Waals surface area contributed by atoms with Crippen molar-refractivity contribution in [2.45, 2.75) is 25.1 Å². The van der Waals surface area contributed by atoms with Gasteiger partial charge in [-0.2, -0.15) is 13.2 Å². The molecule has 126 valence electrons. The highest BCUT2D eigenvalue weighted by Gasteiger charge is 2.32. The van der Waals surface area contributed by atoms with Gasteiger partial charge in [0.1, 0.15) is 0 Å². The molecule has 2 aliphatic heterocycles. The average molecular weight is 330 g/mol. The van der Waals surface area contributed by atoms with Crippen molar-refractivity contribution >= 4 is 5.91 Å². The van der Waals surface area contributed by atoms with Gasteiger partial charge in [-0.05, 0) is 31.0 Å². The van der Waals surface area contributed by atoms with E-state index in [1.54, 1.807) is 18.2 Å². The minimum absolute atomic E-state index is 0.114. The van der Waals surface area contributed by atoms with Crippen molar-refractivity contribution < 1.29 is 27.4 Å². The molecule has 23 heavy (non-hydrogen) atoms. The van der Waals surface area contributed by atoms with Gasteiger partial charge in [0.05, 0.1) is 6.54 Å². The Morgan fingerprint density at radius 3 is 2.61 bits per heavy atom. The highest BCUT2D eigenvalue weighted by atomic mass is 19.4. The molecule has 0 spiro atoms. The molecular weight excluding hydrogens is 313 g/mol. The number of benzene rings is 1. The Balaban J connectivity index is 1.51. The number of amides is 1. The number of carbonyl (C=O) groups is 1. The van der Waals surface area contributed by atoms with Crippen LogP contribution in [0.1, 0.15) is 23.2 Å². The minimum Gasteiger partial charge on any atom is -0.454 e. The fourth-order valence-corrected chi connectivity index (χ4v) is 2.80. The SMILES string of the molecule is O=C(NC1CCN(CC(F)(F)F)CC1)c1ccc2c(c1)OCO2. The summed E-state index contributed by atoms with van der Waals surface area (Å²) < 4.78 is 47.4. The van der Waals surface area contributed by atoms with E-state index in [9.17, 15) is 18.0 Å². The van der Waals surface area contributed by atoms with Gasteiger partial charge in [-0.15, -0.1) is 0 Å². The highest BCUT2D eigenvalue weighted by Crippen LogP contribution is 2.32. The molecule has 1 fully saturated rings. The zero-order valence-corrected chi connectivity index (χ0v) is 12.4. The maximum absolute atomic E-state index is 12.3.